The maximum atomic E-state index is 11.0. The van der Waals surface area contributed by atoms with Gasteiger partial charge in [0.05, 0.1) is 0 Å². The average Bonchev–Trinajstić information content (AvgIpc) is 2.09. The molecule has 0 aliphatic rings. The van der Waals surface area contributed by atoms with E-state index in [-0.39, 0.29) is 5.91 Å². The van der Waals surface area contributed by atoms with Gasteiger partial charge in [-0.25, -0.2) is 0 Å². The van der Waals surface area contributed by atoms with Crippen molar-refractivity contribution in [2.24, 2.45) is 5.73 Å². The highest BCUT2D eigenvalue weighted by molar-refractivity contribution is 5.91. The molecule has 0 radical (unpaired) electrons. The molecule has 0 aromatic rings. The number of carbonyl (C=O) groups excluding carboxylic acids is 1. The Hall–Kier alpha value is -0.990. The Labute approximate surface area is 87.0 Å². The number of rotatable bonds is 7. The third-order valence-electron chi connectivity index (χ3n) is 2.03. The Bertz CT molecular complexity index is 197. The van der Waals surface area contributed by atoms with E-state index >= 15 is 0 Å². The van der Waals surface area contributed by atoms with Gasteiger partial charge in [-0.15, -0.1) is 0 Å². The first-order valence-electron chi connectivity index (χ1n) is 5.24. The highest BCUT2D eigenvalue weighted by atomic mass is 16.1. The molecular formula is C11H22N2O. The van der Waals surface area contributed by atoms with Crippen LogP contribution in [0.2, 0.25) is 0 Å². The van der Waals surface area contributed by atoms with Gasteiger partial charge in [0.2, 0.25) is 5.91 Å². The van der Waals surface area contributed by atoms with Gasteiger partial charge in [-0.05, 0) is 12.8 Å². The van der Waals surface area contributed by atoms with Gasteiger partial charge in [-0.1, -0.05) is 26.2 Å². The van der Waals surface area contributed by atoms with Crippen LogP contribution in [0.3, 0.4) is 0 Å². The summed E-state index contributed by atoms with van der Waals surface area (Å²) in [4.78, 5) is 12.9. The lowest BCUT2D eigenvalue weighted by atomic mass is 10.1. The first-order valence-corrected chi connectivity index (χ1v) is 5.24. The fraction of sp³-hybridized carbons (Fsp3) is 0.727. The van der Waals surface area contributed by atoms with Gasteiger partial charge in [-0.3, -0.25) is 4.79 Å². The van der Waals surface area contributed by atoms with Crippen LogP contribution in [0, 0.1) is 0 Å². The number of hydrogen-bond acceptors (Lipinski definition) is 2. The monoisotopic (exact) mass is 198 g/mol. The summed E-state index contributed by atoms with van der Waals surface area (Å²) in [5, 5.41) is 0. The molecular weight excluding hydrogens is 176 g/mol. The molecule has 0 aliphatic heterocycles. The quantitative estimate of drug-likeness (QED) is 0.501. The summed E-state index contributed by atoms with van der Waals surface area (Å²) in [6.45, 7) is 2.17. The summed E-state index contributed by atoms with van der Waals surface area (Å²) >= 11 is 0. The summed E-state index contributed by atoms with van der Waals surface area (Å²) in [6, 6.07) is 0. The molecule has 1 amide bonds. The van der Waals surface area contributed by atoms with Crippen molar-refractivity contribution in [1.29, 1.82) is 0 Å². The lowest BCUT2D eigenvalue weighted by Gasteiger charge is -2.09. The number of hydrogen-bond donors (Lipinski definition) is 1. The van der Waals surface area contributed by atoms with Crippen molar-refractivity contribution >= 4 is 5.91 Å². The van der Waals surface area contributed by atoms with E-state index < -0.39 is 0 Å². The Balaban J connectivity index is 3.93. The van der Waals surface area contributed by atoms with E-state index in [1.807, 2.05) is 25.2 Å². The van der Waals surface area contributed by atoms with Gasteiger partial charge in [0.1, 0.15) is 0 Å². The third-order valence-corrected chi connectivity index (χ3v) is 2.03. The van der Waals surface area contributed by atoms with Crippen LogP contribution in [0.1, 0.15) is 39.0 Å². The predicted molar refractivity (Wildman–Crippen MR) is 59.7 cm³/mol. The molecule has 14 heavy (non-hydrogen) atoms. The van der Waals surface area contributed by atoms with E-state index in [1.54, 1.807) is 0 Å². The topological polar surface area (TPSA) is 46.3 Å². The van der Waals surface area contributed by atoms with E-state index in [4.69, 9.17) is 5.73 Å². The third kappa shape index (κ3) is 6.52. The van der Waals surface area contributed by atoms with Crippen LogP contribution < -0.4 is 5.73 Å². The molecule has 0 aliphatic carbocycles. The maximum Gasteiger partial charge on any atom is 0.246 e. The van der Waals surface area contributed by atoms with Crippen molar-refractivity contribution in [1.82, 2.24) is 4.90 Å². The second-order valence-corrected chi connectivity index (χ2v) is 3.79. The number of nitrogens with zero attached hydrogens (tertiary/aromatic N) is 1. The normalized spacial score (nSPS) is 11.5. The van der Waals surface area contributed by atoms with Crippen molar-refractivity contribution in [3.63, 3.8) is 0 Å². The van der Waals surface area contributed by atoms with E-state index in [9.17, 15) is 4.79 Å². The molecule has 3 heteroatoms. The van der Waals surface area contributed by atoms with Crippen LogP contribution in [0.25, 0.3) is 0 Å². The molecule has 0 saturated heterocycles. The first kappa shape index (κ1) is 13.0. The molecule has 0 bridgehead atoms. The van der Waals surface area contributed by atoms with E-state index in [0.717, 1.165) is 18.4 Å². The van der Waals surface area contributed by atoms with E-state index in [1.165, 1.54) is 19.3 Å². The lowest BCUT2D eigenvalue weighted by Crippen LogP contribution is -2.17. The van der Waals surface area contributed by atoms with Crippen molar-refractivity contribution in [2.45, 2.75) is 39.0 Å². The molecule has 0 atom stereocenters. The molecule has 0 unspecified atom stereocenters. The molecule has 2 N–H and O–H groups in total. The smallest absolute Gasteiger partial charge is 0.246 e. The minimum Gasteiger partial charge on any atom is -0.383 e. The zero-order chi connectivity index (χ0) is 11.0. The van der Waals surface area contributed by atoms with Gasteiger partial charge in [0.25, 0.3) is 0 Å². The highest BCUT2D eigenvalue weighted by Crippen LogP contribution is 2.10. The minimum absolute atomic E-state index is 0.296. The lowest BCUT2D eigenvalue weighted by molar-refractivity contribution is -0.114. The molecule has 0 spiro atoms. The summed E-state index contributed by atoms with van der Waals surface area (Å²) in [7, 11) is 3.80. The van der Waals surface area contributed by atoms with Gasteiger partial charge >= 0.3 is 0 Å². The predicted octanol–water partition coefficient (Wildman–Crippen LogP) is 1.89. The van der Waals surface area contributed by atoms with Gasteiger partial charge < -0.3 is 10.6 Å². The molecule has 0 heterocycles. The molecule has 82 valence electrons. The molecule has 3 nitrogen and oxygen atoms in total. The van der Waals surface area contributed by atoms with Crippen LogP contribution >= 0.6 is 0 Å². The number of carbonyl (C=O) groups is 1. The molecule has 0 aromatic carbocycles. The maximum absolute atomic E-state index is 11.0. The standard InChI is InChI=1S/C11H22N2O/c1-4-5-6-7-8-10(11(12)14)9-13(2)3/h9H,4-8H2,1-3H3,(H2,12,14). The second kappa shape index (κ2) is 7.42. The Morgan fingerprint density at radius 2 is 1.93 bits per heavy atom. The van der Waals surface area contributed by atoms with Crippen LogP contribution in [0.5, 0.6) is 0 Å². The van der Waals surface area contributed by atoms with Gasteiger partial charge in [-0.2, -0.15) is 0 Å². The van der Waals surface area contributed by atoms with Gasteiger partial charge in [0.15, 0.2) is 0 Å². The molecule has 0 rings (SSSR count). The Morgan fingerprint density at radius 3 is 2.36 bits per heavy atom. The first-order chi connectivity index (χ1) is 6.57. The summed E-state index contributed by atoms with van der Waals surface area (Å²) < 4.78 is 0. The molecule has 0 aromatic heterocycles. The average molecular weight is 198 g/mol. The van der Waals surface area contributed by atoms with Crippen molar-refractivity contribution in [3.05, 3.63) is 11.8 Å². The second-order valence-electron chi connectivity index (χ2n) is 3.79. The summed E-state index contributed by atoms with van der Waals surface area (Å²) in [5.74, 6) is -0.296. The number of nitrogens with two attached hydrogens (primary N) is 1. The summed E-state index contributed by atoms with van der Waals surface area (Å²) in [5.41, 5.74) is 5.99. The molecule has 0 saturated carbocycles. The zero-order valence-electron chi connectivity index (χ0n) is 9.55. The fourth-order valence-corrected chi connectivity index (χ4v) is 1.31. The number of amides is 1. The number of primary amides is 1. The molecule has 0 fully saturated rings. The van der Waals surface area contributed by atoms with E-state index in [0.29, 0.717) is 0 Å². The van der Waals surface area contributed by atoms with Crippen LogP contribution in [-0.4, -0.2) is 24.9 Å². The fourth-order valence-electron chi connectivity index (χ4n) is 1.31. The van der Waals surface area contributed by atoms with Crippen molar-refractivity contribution in [2.75, 3.05) is 14.1 Å². The van der Waals surface area contributed by atoms with E-state index in [2.05, 4.69) is 6.92 Å². The summed E-state index contributed by atoms with van der Waals surface area (Å²) in [6.07, 6.45) is 7.28. The van der Waals surface area contributed by atoms with Crippen molar-refractivity contribution < 1.29 is 4.79 Å². The zero-order valence-corrected chi connectivity index (χ0v) is 9.55. The van der Waals surface area contributed by atoms with Crippen molar-refractivity contribution in [3.8, 4) is 0 Å². The largest absolute Gasteiger partial charge is 0.383 e. The van der Waals surface area contributed by atoms with Gasteiger partial charge in [0, 0.05) is 25.9 Å². The Morgan fingerprint density at radius 1 is 1.29 bits per heavy atom. The number of unbranched alkanes of at least 4 members (excludes halogenated alkanes) is 3. The van der Waals surface area contributed by atoms with Crippen LogP contribution in [0.4, 0.5) is 0 Å². The Kier molecular flexibility index (Phi) is 6.89. The highest BCUT2D eigenvalue weighted by Gasteiger charge is 2.04. The van der Waals surface area contributed by atoms with Crippen LogP contribution in [-0.2, 0) is 4.79 Å². The SMILES string of the molecule is CCCCCCC(=CN(C)C)C(N)=O. The minimum atomic E-state index is -0.296. The van der Waals surface area contributed by atoms with Crippen LogP contribution in [0.15, 0.2) is 11.8 Å².